The Labute approximate surface area is 271 Å². The number of carbonyl (C=O) groups is 2. The number of hydrogen-bond acceptors (Lipinski definition) is 10. The maximum atomic E-state index is 14.0. The number of carbonyl (C=O) groups excluding carboxylic acids is 1. The second-order valence-corrected chi connectivity index (χ2v) is 12.5. The van der Waals surface area contributed by atoms with E-state index < -0.39 is 29.5 Å². The summed E-state index contributed by atoms with van der Waals surface area (Å²) in [5.74, 6) is -1.33. The molecule has 6 rings (SSSR count). The van der Waals surface area contributed by atoms with E-state index in [-0.39, 0.29) is 39.4 Å². The number of rotatable bonds is 8. The van der Waals surface area contributed by atoms with Crippen LogP contribution >= 0.6 is 11.3 Å². The van der Waals surface area contributed by atoms with Crippen molar-refractivity contribution in [1.29, 1.82) is 0 Å². The van der Waals surface area contributed by atoms with Gasteiger partial charge in [-0.2, -0.15) is 13.2 Å². The Kier molecular flexibility index (Phi) is 9.32. The highest BCUT2D eigenvalue weighted by Crippen LogP contribution is 2.43. The second kappa shape index (κ2) is 13.4. The minimum Gasteiger partial charge on any atom is -0.477 e. The average molecular weight is 671 g/mol. The summed E-state index contributed by atoms with van der Waals surface area (Å²) >= 11 is 0.629. The highest BCUT2D eigenvalue weighted by atomic mass is 32.1. The lowest BCUT2D eigenvalue weighted by Gasteiger charge is -2.34. The number of fused-ring (bicyclic) bond motifs is 1. The predicted octanol–water partition coefficient (Wildman–Crippen LogP) is 4.42. The molecule has 11 nitrogen and oxygen atoms in total. The lowest BCUT2D eigenvalue weighted by molar-refractivity contribution is -0.136. The van der Waals surface area contributed by atoms with Gasteiger partial charge < -0.3 is 35.8 Å². The van der Waals surface area contributed by atoms with Crippen molar-refractivity contribution in [1.82, 2.24) is 20.2 Å². The molecule has 0 bridgehead atoms. The molecule has 1 amide bonds. The molecule has 1 unspecified atom stereocenters. The monoisotopic (exact) mass is 670 g/mol. The molecular weight excluding hydrogens is 637 g/mol. The molecule has 1 atom stereocenters. The van der Waals surface area contributed by atoms with Gasteiger partial charge in [-0.3, -0.25) is 9.78 Å². The van der Waals surface area contributed by atoms with Gasteiger partial charge in [0.25, 0.3) is 5.91 Å². The number of pyridine rings is 2. The number of aromatic carboxylic acids is 1. The topological polar surface area (TPSA) is 154 Å². The summed E-state index contributed by atoms with van der Waals surface area (Å²) in [5, 5.41) is 23.1. The summed E-state index contributed by atoms with van der Waals surface area (Å²) in [5.41, 5.74) is 7.06. The Balaban J connectivity index is 1.05. The zero-order chi connectivity index (χ0) is 33.3. The van der Waals surface area contributed by atoms with Gasteiger partial charge in [0.1, 0.15) is 21.6 Å². The van der Waals surface area contributed by atoms with E-state index >= 15 is 0 Å². The van der Waals surface area contributed by atoms with Crippen molar-refractivity contribution >= 4 is 44.9 Å². The van der Waals surface area contributed by atoms with E-state index in [1.54, 1.807) is 28.1 Å². The Morgan fingerprint density at radius 3 is 2.49 bits per heavy atom. The van der Waals surface area contributed by atoms with Crippen LogP contribution in [0.3, 0.4) is 0 Å². The van der Waals surface area contributed by atoms with E-state index in [0.717, 1.165) is 17.2 Å². The molecule has 248 valence electrons. The largest absolute Gasteiger partial charge is 0.477 e. The molecule has 2 aliphatic rings. The molecule has 2 saturated heterocycles. The summed E-state index contributed by atoms with van der Waals surface area (Å²) in [7, 11) is 0. The first kappa shape index (κ1) is 32.6. The van der Waals surface area contributed by atoms with Crippen LogP contribution in [0.1, 0.15) is 50.2 Å². The van der Waals surface area contributed by atoms with Crippen LogP contribution in [0.15, 0.2) is 48.7 Å². The van der Waals surface area contributed by atoms with Gasteiger partial charge in [0.05, 0.1) is 30.2 Å². The van der Waals surface area contributed by atoms with Crippen LogP contribution in [-0.4, -0.2) is 88.9 Å². The van der Waals surface area contributed by atoms with Crippen molar-refractivity contribution < 1.29 is 37.7 Å². The van der Waals surface area contributed by atoms with Crippen LogP contribution in [0.4, 0.5) is 24.7 Å². The minimum atomic E-state index is -4.74. The van der Waals surface area contributed by atoms with Gasteiger partial charge in [-0.1, -0.05) is 18.2 Å². The number of aromatic nitrogens is 2. The fraction of sp³-hybridized carbons (Fsp3) is 0.375. The maximum absolute atomic E-state index is 14.0. The molecule has 3 aromatic heterocycles. The van der Waals surface area contributed by atoms with Gasteiger partial charge in [-0.05, 0) is 42.7 Å². The first-order valence-corrected chi connectivity index (χ1v) is 15.9. The highest BCUT2D eigenvalue weighted by Gasteiger charge is 2.37. The van der Waals surface area contributed by atoms with E-state index in [1.807, 2.05) is 24.3 Å². The van der Waals surface area contributed by atoms with E-state index in [4.69, 9.17) is 10.5 Å². The van der Waals surface area contributed by atoms with Crippen molar-refractivity contribution in [3.8, 4) is 11.1 Å². The average Bonchev–Trinajstić information content (AvgIpc) is 3.43. The zero-order valence-electron chi connectivity index (χ0n) is 25.2. The quantitative estimate of drug-likeness (QED) is 0.212. The van der Waals surface area contributed by atoms with Crippen LogP contribution in [0.25, 0.3) is 21.3 Å². The molecule has 2 aliphatic heterocycles. The Bertz CT molecular complexity index is 1770. The van der Waals surface area contributed by atoms with E-state index in [2.05, 4.69) is 15.3 Å². The number of nitrogen functional groups attached to an aromatic ring is 1. The number of anilines is 2. The Hall–Kier alpha value is -4.31. The molecule has 2 fully saturated rings. The number of thiophene rings is 1. The summed E-state index contributed by atoms with van der Waals surface area (Å²) < 4.78 is 47.2. The third-order valence-electron chi connectivity index (χ3n) is 8.47. The molecule has 47 heavy (non-hydrogen) atoms. The molecule has 0 radical (unpaired) electrons. The van der Waals surface area contributed by atoms with Crippen LogP contribution in [-0.2, 0) is 10.9 Å². The molecule has 0 aliphatic carbocycles. The summed E-state index contributed by atoms with van der Waals surface area (Å²) in [4.78, 5) is 36.3. The molecule has 5 N–H and O–H groups in total. The number of benzene rings is 1. The van der Waals surface area contributed by atoms with Gasteiger partial charge >= 0.3 is 12.1 Å². The van der Waals surface area contributed by atoms with Gasteiger partial charge in [0.15, 0.2) is 0 Å². The molecular formula is C32H33F3N6O5S. The van der Waals surface area contributed by atoms with E-state index in [9.17, 15) is 33.0 Å². The summed E-state index contributed by atoms with van der Waals surface area (Å²) in [6, 6.07) is 11.9. The lowest BCUT2D eigenvalue weighted by Crippen LogP contribution is -2.44. The molecule has 1 aromatic carbocycles. The standard InChI is InChI=1S/C32H33F3N6O5S/c33-32(34,35)22-15-25(39-29-26(22)27(36)28(47-29)31(44)45)40-8-6-21(7-9-40)37-17-24(42)23-5-4-20(16-38-23)18-2-1-3-19(14-18)30(43)41-10-12-46-13-11-41/h1-5,14-16,21,24,37,42H,6-13,17,36H2,(H,44,45). The van der Waals surface area contributed by atoms with Crippen molar-refractivity contribution in [2.24, 2.45) is 0 Å². The highest BCUT2D eigenvalue weighted by molar-refractivity contribution is 7.21. The zero-order valence-corrected chi connectivity index (χ0v) is 26.0. The number of nitrogens with zero attached hydrogens (tertiary/aromatic N) is 4. The first-order chi connectivity index (χ1) is 22.5. The maximum Gasteiger partial charge on any atom is 0.417 e. The van der Waals surface area contributed by atoms with Crippen LogP contribution in [0.2, 0.25) is 0 Å². The van der Waals surface area contributed by atoms with Gasteiger partial charge in [-0.25, -0.2) is 9.78 Å². The van der Waals surface area contributed by atoms with E-state index in [1.165, 1.54) is 0 Å². The van der Waals surface area contributed by atoms with Crippen LogP contribution in [0.5, 0.6) is 0 Å². The molecule has 4 aromatic rings. The van der Waals surface area contributed by atoms with Gasteiger partial charge in [0.2, 0.25) is 0 Å². The van der Waals surface area contributed by atoms with E-state index in [0.29, 0.717) is 74.8 Å². The smallest absolute Gasteiger partial charge is 0.417 e. The lowest BCUT2D eigenvalue weighted by atomic mass is 10.0. The fourth-order valence-electron chi connectivity index (χ4n) is 5.90. The fourth-order valence-corrected chi connectivity index (χ4v) is 6.86. The van der Waals surface area contributed by atoms with Gasteiger partial charge in [-0.15, -0.1) is 11.3 Å². The molecule has 5 heterocycles. The number of ether oxygens (including phenoxy) is 1. The number of amides is 1. The van der Waals surface area contributed by atoms with Crippen molar-refractivity contribution in [3.05, 3.63) is 70.4 Å². The van der Waals surface area contributed by atoms with Gasteiger partial charge in [0, 0.05) is 61.5 Å². The summed E-state index contributed by atoms with van der Waals surface area (Å²) in [6.07, 6.45) is -2.79. The number of aliphatic hydroxyl groups excluding tert-OH is 1. The number of alkyl halides is 3. The normalized spacial score (nSPS) is 16.9. The number of nitrogens with two attached hydrogens (primary N) is 1. The molecule has 0 saturated carbocycles. The number of carboxylic acids is 1. The summed E-state index contributed by atoms with van der Waals surface area (Å²) in [6.45, 7) is 3.23. The Morgan fingerprint density at radius 2 is 1.83 bits per heavy atom. The number of halogens is 3. The van der Waals surface area contributed by atoms with Crippen LogP contribution < -0.4 is 16.0 Å². The van der Waals surface area contributed by atoms with Crippen molar-refractivity contribution in [2.45, 2.75) is 31.2 Å². The number of morpholine rings is 1. The third-order valence-corrected chi connectivity index (χ3v) is 9.56. The van der Waals surface area contributed by atoms with Crippen molar-refractivity contribution in [3.63, 3.8) is 0 Å². The predicted molar refractivity (Wildman–Crippen MR) is 171 cm³/mol. The van der Waals surface area contributed by atoms with Crippen molar-refractivity contribution in [2.75, 3.05) is 56.6 Å². The Morgan fingerprint density at radius 1 is 1.09 bits per heavy atom. The number of piperidine rings is 1. The SMILES string of the molecule is Nc1c(C(=O)O)sc2nc(N3CCC(NCC(O)c4ccc(-c5cccc(C(=O)N6CCOCC6)c5)cn4)CC3)cc(C(F)(F)F)c12. The number of nitrogens with one attached hydrogen (secondary N) is 1. The number of aliphatic hydroxyl groups is 1. The second-order valence-electron chi connectivity index (χ2n) is 11.5. The minimum absolute atomic E-state index is 0.00808. The number of hydrogen-bond donors (Lipinski definition) is 4. The molecule has 0 spiro atoms. The molecule has 15 heteroatoms. The first-order valence-electron chi connectivity index (χ1n) is 15.1. The number of carboxylic acid groups (broad SMARTS) is 1. The van der Waals surface area contributed by atoms with Crippen LogP contribution in [0, 0.1) is 0 Å². The third kappa shape index (κ3) is 7.02.